The van der Waals surface area contributed by atoms with Crippen molar-refractivity contribution in [2.24, 2.45) is 0 Å². The molecule has 17 heavy (non-hydrogen) atoms. The zero-order valence-corrected chi connectivity index (χ0v) is 10.3. The van der Waals surface area contributed by atoms with Gasteiger partial charge >= 0.3 is 0 Å². The standard InChI is InChI=1S/C13H13ClO3/c1-3-9(2)13(16)11-5-4-10(8-12(11)14)17-7-6-15/h4-6,8H,2-3,7H2,1H3. The summed E-state index contributed by atoms with van der Waals surface area (Å²) in [4.78, 5) is 22.0. The van der Waals surface area contributed by atoms with Gasteiger partial charge < -0.3 is 4.74 Å². The maximum Gasteiger partial charge on any atom is 0.189 e. The number of halogens is 1. The second-order valence-corrected chi connectivity index (χ2v) is 3.81. The van der Waals surface area contributed by atoms with Crippen LogP contribution in [0, 0.1) is 0 Å². The van der Waals surface area contributed by atoms with Gasteiger partial charge in [0.25, 0.3) is 0 Å². The van der Waals surface area contributed by atoms with Gasteiger partial charge in [0.15, 0.2) is 12.1 Å². The van der Waals surface area contributed by atoms with Crippen molar-refractivity contribution in [3.8, 4) is 5.75 Å². The van der Waals surface area contributed by atoms with Crippen molar-refractivity contribution in [3.05, 3.63) is 40.9 Å². The number of Topliss-reactive ketones (excluding diaryl/α,β-unsaturated/α-hetero) is 1. The van der Waals surface area contributed by atoms with Gasteiger partial charge in [-0.1, -0.05) is 25.1 Å². The fourth-order valence-corrected chi connectivity index (χ4v) is 1.51. The van der Waals surface area contributed by atoms with Crippen molar-refractivity contribution >= 4 is 23.7 Å². The quantitative estimate of drug-likeness (QED) is 0.444. The molecule has 0 saturated heterocycles. The molecule has 0 aliphatic rings. The molecular weight excluding hydrogens is 240 g/mol. The van der Waals surface area contributed by atoms with Crippen molar-refractivity contribution < 1.29 is 14.3 Å². The lowest BCUT2D eigenvalue weighted by molar-refractivity contribution is -0.109. The SMILES string of the molecule is C=C(CC)C(=O)c1ccc(OCC=O)cc1Cl. The number of ketones is 1. The molecule has 1 aromatic carbocycles. The van der Waals surface area contributed by atoms with Crippen molar-refractivity contribution in [2.45, 2.75) is 13.3 Å². The van der Waals surface area contributed by atoms with E-state index < -0.39 is 0 Å². The van der Waals surface area contributed by atoms with E-state index in [2.05, 4.69) is 6.58 Å². The average molecular weight is 253 g/mol. The smallest absolute Gasteiger partial charge is 0.189 e. The molecule has 0 fully saturated rings. The Morgan fingerprint density at radius 2 is 2.24 bits per heavy atom. The van der Waals surface area contributed by atoms with Crippen LogP contribution in [0.1, 0.15) is 23.7 Å². The molecule has 0 saturated carbocycles. The minimum atomic E-state index is -0.167. The van der Waals surface area contributed by atoms with Crippen LogP contribution < -0.4 is 4.74 Å². The normalized spacial score (nSPS) is 9.76. The van der Waals surface area contributed by atoms with Crippen LogP contribution in [0.5, 0.6) is 5.75 Å². The first-order valence-corrected chi connectivity index (χ1v) is 5.56. The second kappa shape index (κ2) is 6.21. The molecule has 0 amide bonds. The van der Waals surface area contributed by atoms with E-state index in [1.54, 1.807) is 12.1 Å². The van der Waals surface area contributed by atoms with E-state index in [1.807, 2.05) is 6.92 Å². The van der Waals surface area contributed by atoms with E-state index in [0.717, 1.165) is 0 Å². The topological polar surface area (TPSA) is 43.4 Å². The summed E-state index contributed by atoms with van der Waals surface area (Å²) in [5.41, 5.74) is 0.908. The molecule has 0 unspecified atom stereocenters. The molecule has 0 N–H and O–H groups in total. The molecule has 0 aromatic heterocycles. The summed E-state index contributed by atoms with van der Waals surface area (Å²) in [5.74, 6) is 0.292. The first-order valence-electron chi connectivity index (χ1n) is 5.18. The lowest BCUT2D eigenvalue weighted by atomic mass is 10.0. The number of carbonyl (C=O) groups is 2. The Kier molecular flexibility index (Phi) is 4.91. The minimum Gasteiger partial charge on any atom is -0.486 e. The van der Waals surface area contributed by atoms with E-state index in [-0.39, 0.29) is 12.4 Å². The minimum absolute atomic E-state index is 0.0364. The van der Waals surface area contributed by atoms with Gasteiger partial charge in [0.1, 0.15) is 12.4 Å². The zero-order chi connectivity index (χ0) is 12.8. The number of aldehydes is 1. The van der Waals surface area contributed by atoms with Crippen molar-refractivity contribution in [2.75, 3.05) is 6.61 Å². The number of hydrogen-bond acceptors (Lipinski definition) is 3. The van der Waals surface area contributed by atoms with Crippen LogP contribution in [0.4, 0.5) is 0 Å². The van der Waals surface area contributed by atoms with Crippen LogP contribution in [-0.2, 0) is 4.79 Å². The zero-order valence-electron chi connectivity index (χ0n) is 9.53. The van der Waals surface area contributed by atoms with Crippen LogP contribution in [-0.4, -0.2) is 18.7 Å². The number of ether oxygens (including phenoxy) is 1. The van der Waals surface area contributed by atoms with Gasteiger partial charge in [-0.2, -0.15) is 0 Å². The highest BCUT2D eigenvalue weighted by atomic mass is 35.5. The number of allylic oxidation sites excluding steroid dienone is 1. The van der Waals surface area contributed by atoms with Crippen LogP contribution in [0.2, 0.25) is 5.02 Å². The summed E-state index contributed by atoms with van der Waals surface area (Å²) in [5, 5.41) is 0.299. The molecule has 1 aromatic rings. The highest BCUT2D eigenvalue weighted by Gasteiger charge is 2.13. The monoisotopic (exact) mass is 252 g/mol. The van der Waals surface area contributed by atoms with Gasteiger partial charge in [-0.3, -0.25) is 9.59 Å². The van der Waals surface area contributed by atoms with Crippen LogP contribution in [0.3, 0.4) is 0 Å². The number of rotatable bonds is 6. The Hall–Kier alpha value is -1.61. The number of hydrogen-bond donors (Lipinski definition) is 0. The molecule has 90 valence electrons. The first-order chi connectivity index (χ1) is 8.10. The molecule has 1 rings (SSSR count). The van der Waals surface area contributed by atoms with Crippen molar-refractivity contribution in [1.29, 1.82) is 0 Å². The van der Waals surface area contributed by atoms with Crippen LogP contribution >= 0.6 is 11.6 Å². The van der Waals surface area contributed by atoms with E-state index in [4.69, 9.17) is 16.3 Å². The Morgan fingerprint density at radius 1 is 1.53 bits per heavy atom. The molecular formula is C13H13ClO3. The molecule has 4 heteroatoms. The van der Waals surface area contributed by atoms with Gasteiger partial charge in [0, 0.05) is 5.56 Å². The van der Waals surface area contributed by atoms with Gasteiger partial charge in [-0.25, -0.2) is 0 Å². The van der Waals surface area contributed by atoms with Crippen molar-refractivity contribution in [1.82, 2.24) is 0 Å². The lowest BCUT2D eigenvalue weighted by Gasteiger charge is -2.07. The molecule has 0 atom stereocenters. The summed E-state index contributed by atoms with van der Waals surface area (Å²) < 4.78 is 5.07. The maximum atomic E-state index is 11.8. The predicted molar refractivity (Wildman–Crippen MR) is 66.8 cm³/mol. The van der Waals surface area contributed by atoms with Gasteiger partial charge in [0.05, 0.1) is 5.02 Å². The highest BCUT2D eigenvalue weighted by Crippen LogP contribution is 2.24. The Balaban J connectivity index is 2.93. The summed E-state index contributed by atoms with van der Waals surface area (Å²) in [7, 11) is 0. The lowest BCUT2D eigenvalue weighted by Crippen LogP contribution is -2.03. The molecule has 0 radical (unpaired) electrons. The van der Waals surface area contributed by atoms with E-state index >= 15 is 0 Å². The molecule has 3 nitrogen and oxygen atoms in total. The fourth-order valence-electron chi connectivity index (χ4n) is 1.25. The third-order valence-corrected chi connectivity index (χ3v) is 2.56. The summed E-state index contributed by atoms with van der Waals surface area (Å²) >= 11 is 5.97. The third-order valence-electron chi connectivity index (χ3n) is 2.25. The molecule has 0 spiro atoms. The molecule has 0 aliphatic carbocycles. The first kappa shape index (κ1) is 13.5. The summed E-state index contributed by atoms with van der Waals surface area (Å²) in [6.45, 7) is 5.50. The summed E-state index contributed by atoms with van der Waals surface area (Å²) in [6, 6.07) is 4.69. The Bertz CT molecular complexity index is 452. The molecule has 0 aliphatic heterocycles. The van der Waals surface area contributed by atoms with Gasteiger partial charge in [-0.05, 0) is 30.2 Å². The van der Waals surface area contributed by atoms with Gasteiger partial charge in [-0.15, -0.1) is 0 Å². The molecule has 0 heterocycles. The maximum absolute atomic E-state index is 11.8. The third kappa shape index (κ3) is 3.43. The number of carbonyl (C=O) groups excluding carboxylic acids is 2. The fraction of sp³-hybridized carbons (Fsp3) is 0.231. The van der Waals surface area contributed by atoms with Crippen molar-refractivity contribution in [3.63, 3.8) is 0 Å². The largest absolute Gasteiger partial charge is 0.486 e. The van der Waals surface area contributed by atoms with Gasteiger partial charge in [0.2, 0.25) is 0 Å². The predicted octanol–water partition coefficient (Wildman–Crippen LogP) is 3.07. The molecule has 0 bridgehead atoms. The Morgan fingerprint density at radius 3 is 2.76 bits per heavy atom. The summed E-state index contributed by atoms with van der Waals surface area (Å²) in [6.07, 6.45) is 1.23. The van der Waals surface area contributed by atoms with E-state index in [9.17, 15) is 9.59 Å². The second-order valence-electron chi connectivity index (χ2n) is 3.41. The Labute approximate surface area is 105 Å². The highest BCUT2D eigenvalue weighted by molar-refractivity contribution is 6.35. The van der Waals surface area contributed by atoms with Crippen LogP contribution in [0.25, 0.3) is 0 Å². The average Bonchev–Trinajstić information content (AvgIpc) is 2.34. The van der Waals surface area contributed by atoms with Crippen LogP contribution in [0.15, 0.2) is 30.4 Å². The van der Waals surface area contributed by atoms with E-state index in [0.29, 0.717) is 34.6 Å². The van der Waals surface area contributed by atoms with E-state index in [1.165, 1.54) is 6.07 Å². The number of benzene rings is 1.